The molecule has 4 nitrogen and oxygen atoms in total. The predicted octanol–water partition coefficient (Wildman–Crippen LogP) is 3.50. The molecule has 130 valence electrons. The molecule has 0 aliphatic carbocycles. The fourth-order valence-electron chi connectivity index (χ4n) is 2.77. The van der Waals surface area contributed by atoms with E-state index in [1.54, 1.807) is 16.3 Å². The van der Waals surface area contributed by atoms with E-state index in [1.165, 1.54) is 5.56 Å². The zero-order valence-electron chi connectivity index (χ0n) is 14.1. The Labute approximate surface area is 151 Å². The first-order valence-electron chi connectivity index (χ1n) is 8.57. The van der Waals surface area contributed by atoms with Gasteiger partial charge < -0.3 is 5.11 Å². The van der Waals surface area contributed by atoms with Crippen LogP contribution in [0.5, 0.6) is 0 Å². The molecule has 1 N–H and O–H groups in total. The standard InChI is InChI=1S/C20H22N2O2S/c23-14-7-13-22-19(24)17-11-4-5-12-18(17)21-20(22)25-15-6-10-16-8-2-1-3-9-16/h1-5,8-9,11-12,23H,6-7,10,13-15H2. The smallest absolute Gasteiger partial charge is 0.262 e. The average molecular weight is 354 g/mol. The second-order valence-electron chi connectivity index (χ2n) is 5.88. The van der Waals surface area contributed by atoms with Gasteiger partial charge in [-0.15, -0.1) is 0 Å². The van der Waals surface area contributed by atoms with Gasteiger partial charge in [-0.2, -0.15) is 0 Å². The molecule has 0 aliphatic heterocycles. The van der Waals surface area contributed by atoms with Crippen LogP contribution in [-0.2, 0) is 13.0 Å². The molecule has 3 aromatic rings. The highest BCUT2D eigenvalue weighted by Gasteiger charge is 2.11. The van der Waals surface area contributed by atoms with E-state index in [0.29, 0.717) is 18.4 Å². The molecule has 3 rings (SSSR count). The number of thioether (sulfide) groups is 1. The summed E-state index contributed by atoms with van der Waals surface area (Å²) in [4.78, 5) is 17.4. The number of hydrogen-bond donors (Lipinski definition) is 1. The summed E-state index contributed by atoms with van der Waals surface area (Å²) in [5.41, 5.74) is 2.04. The lowest BCUT2D eigenvalue weighted by atomic mass is 10.1. The lowest BCUT2D eigenvalue weighted by Gasteiger charge is -2.12. The van der Waals surface area contributed by atoms with E-state index in [4.69, 9.17) is 5.11 Å². The molecule has 1 aromatic heterocycles. The first-order chi connectivity index (χ1) is 12.3. The molecular formula is C20H22N2O2S. The van der Waals surface area contributed by atoms with Gasteiger partial charge in [0, 0.05) is 18.9 Å². The van der Waals surface area contributed by atoms with Gasteiger partial charge in [-0.05, 0) is 37.0 Å². The van der Waals surface area contributed by atoms with Crippen LogP contribution < -0.4 is 5.56 Å². The molecule has 0 saturated carbocycles. The Morgan fingerprint density at radius 1 is 1.00 bits per heavy atom. The summed E-state index contributed by atoms with van der Waals surface area (Å²) in [5, 5.41) is 10.5. The van der Waals surface area contributed by atoms with Crippen molar-refractivity contribution in [2.75, 3.05) is 12.4 Å². The Balaban J connectivity index is 1.75. The fourth-order valence-corrected chi connectivity index (χ4v) is 3.73. The summed E-state index contributed by atoms with van der Waals surface area (Å²) in [6.45, 7) is 0.561. The molecular weight excluding hydrogens is 332 g/mol. The van der Waals surface area contributed by atoms with Crippen LogP contribution in [0.1, 0.15) is 18.4 Å². The zero-order chi connectivity index (χ0) is 17.5. The number of aliphatic hydroxyl groups excluding tert-OH is 1. The number of benzene rings is 2. The molecule has 0 unspecified atom stereocenters. The van der Waals surface area contributed by atoms with E-state index < -0.39 is 0 Å². The minimum atomic E-state index is -0.0235. The van der Waals surface area contributed by atoms with Crippen LogP contribution in [-0.4, -0.2) is 27.0 Å². The third-order valence-corrected chi connectivity index (χ3v) is 5.11. The van der Waals surface area contributed by atoms with Gasteiger partial charge in [-0.1, -0.05) is 54.2 Å². The minimum absolute atomic E-state index is 0.0235. The molecule has 25 heavy (non-hydrogen) atoms. The second-order valence-corrected chi connectivity index (χ2v) is 6.95. The molecule has 0 saturated heterocycles. The van der Waals surface area contributed by atoms with Crippen molar-refractivity contribution in [3.8, 4) is 0 Å². The van der Waals surface area contributed by atoms with E-state index in [1.807, 2.05) is 30.3 Å². The minimum Gasteiger partial charge on any atom is -0.396 e. The van der Waals surface area contributed by atoms with Crippen LogP contribution in [0.4, 0.5) is 0 Å². The van der Waals surface area contributed by atoms with Crippen molar-refractivity contribution in [2.45, 2.75) is 31.0 Å². The Morgan fingerprint density at radius 2 is 1.76 bits per heavy atom. The van der Waals surface area contributed by atoms with Crippen molar-refractivity contribution in [3.63, 3.8) is 0 Å². The third-order valence-electron chi connectivity index (χ3n) is 4.05. The maximum Gasteiger partial charge on any atom is 0.262 e. The lowest BCUT2D eigenvalue weighted by Crippen LogP contribution is -2.24. The number of hydrogen-bond acceptors (Lipinski definition) is 4. The van der Waals surface area contributed by atoms with E-state index >= 15 is 0 Å². The van der Waals surface area contributed by atoms with Crippen molar-refractivity contribution < 1.29 is 5.11 Å². The van der Waals surface area contributed by atoms with Gasteiger partial charge >= 0.3 is 0 Å². The summed E-state index contributed by atoms with van der Waals surface area (Å²) in [6, 6.07) is 17.8. The quantitative estimate of drug-likeness (QED) is 0.382. The van der Waals surface area contributed by atoms with Gasteiger partial charge in [0.25, 0.3) is 5.56 Å². The van der Waals surface area contributed by atoms with Crippen molar-refractivity contribution >= 4 is 22.7 Å². The molecule has 0 amide bonds. The Kier molecular flexibility index (Phi) is 6.25. The van der Waals surface area contributed by atoms with Gasteiger partial charge in [-0.25, -0.2) is 4.98 Å². The van der Waals surface area contributed by atoms with Crippen LogP contribution in [0.15, 0.2) is 64.5 Å². The van der Waals surface area contributed by atoms with E-state index in [-0.39, 0.29) is 12.2 Å². The monoisotopic (exact) mass is 354 g/mol. The maximum absolute atomic E-state index is 12.7. The predicted molar refractivity (Wildman–Crippen MR) is 103 cm³/mol. The maximum atomic E-state index is 12.7. The molecule has 1 heterocycles. The highest BCUT2D eigenvalue weighted by atomic mass is 32.2. The van der Waals surface area contributed by atoms with Crippen molar-refractivity contribution in [1.82, 2.24) is 9.55 Å². The first kappa shape index (κ1) is 17.7. The zero-order valence-corrected chi connectivity index (χ0v) is 14.9. The fraction of sp³-hybridized carbons (Fsp3) is 0.300. The lowest BCUT2D eigenvalue weighted by molar-refractivity contribution is 0.276. The van der Waals surface area contributed by atoms with Crippen molar-refractivity contribution in [2.24, 2.45) is 0 Å². The topological polar surface area (TPSA) is 55.1 Å². The SMILES string of the molecule is O=c1c2ccccc2nc(SCCCc2ccccc2)n1CCCO. The third kappa shape index (κ3) is 4.50. The van der Waals surface area contributed by atoms with Gasteiger partial charge in [0.05, 0.1) is 10.9 Å². The highest BCUT2D eigenvalue weighted by molar-refractivity contribution is 7.99. The number of para-hydroxylation sites is 1. The molecule has 0 aliphatic rings. The molecule has 0 spiro atoms. The molecule has 0 atom stereocenters. The van der Waals surface area contributed by atoms with Crippen LogP contribution >= 0.6 is 11.8 Å². The van der Waals surface area contributed by atoms with Crippen LogP contribution in [0.25, 0.3) is 10.9 Å². The van der Waals surface area contributed by atoms with Crippen molar-refractivity contribution in [3.05, 3.63) is 70.5 Å². The van der Waals surface area contributed by atoms with E-state index in [2.05, 4.69) is 29.2 Å². The van der Waals surface area contributed by atoms with Gasteiger partial charge in [-0.3, -0.25) is 9.36 Å². The average Bonchev–Trinajstić information content (AvgIpc) is 2.66. The van der Waals surface area contributed by atoms with E-state index in [9.17, 15) is 4.79 Å². The number of aliphatic hydroxyl groups is 1. The molecule has 0 bridgehead atoms. The van der Waals surface area contributed by atoms with E-state index in [0.717, 1.165) is 29.3 Å². The largest absolute Gasteiger partial charge is 0.396 e. The molecule has 2 aromatic carbocycles. The summed E-state index contributed by atoms with van der Waals surface area (Å²) in [5.74, 6) is 0.902. The molecule has 0 radical (unpaired) electrons. The normalized spacial score (nSPS) is 11.1. The summed E-state index contributed by atoms with van der Waals surface area (Å²) >= 11 is 1.62. The highest BCUT2D eigenvalue weighted by Crippen LogP contribution is 2.19. The molecule has 5 heteroatoms. The number of fused-ring (bicyclic) bond motifs is 1. The van der Waals surface area contributed by atoms with Crippen LogP contribution in [0, 0.1) is 0 Å². The Hall–Kier alpha value is -2.11. The first-order valence-corrected chi connectivity index (χ1v) is 9.55. The summed E-state index contributed by atoms with van der Waals surface area (Å²) < 4.78 is 1.70. The Morgan fingerprint density at radius 3 is 2.56 bits per heavy atom. The molecule has 0 fully saturated rings. The van der Waals surface area contributed by atoms with Gasteiger partial charge in [0.1, 0.15) is 0 Å². The van der Waals surface area contributed by atoms with Crippen LogP contribution in [0.3, 0.4) is 0 Å². The van der Waals surface area contributed by atoms with Crippen LogP contribution in [0.2, 0.25) is 0 Å². The van der Waals surface area contributed by atoms with Gasteiger partial charge in [0.15, 0.2) is 5.16 Å². The van der Waals surface area contributed by atoms with Crippen molar-refractivity contribution in [1.29, 1.82) is 0 Å². The number of aryl methyl sites for hydroxylation is 1. The number of aromatic nitrogens is 2. The summed E-state index contributed by atoms with van der Waals surface area (Å²) in [6.07, 6.45) is 2.59. The van der Waals surface area contributed by atoms with Gasteiger partial charge in [0.2, 0.25) is 0 Å². The Bertz CT molecular complexity index is 878. The number of nitrogens with zero attached hydrogens (tertiary/aromatic N) is 2. The number of rotatable bonds is 8. The summed E-state index contributed by atoms with van der Waals surface area (Å²) in [7, 11) is 0. The second kappa shape index (κ2) is 8.83.